The van der Waals surface area contributed by atoms with E-state index in [0.717, 1.165) is 34.3 Å². The van der Waals surface area contributed by atoms with Gasteiger partial charge in [0.25, 0.3) is 16.0 Å². The minimum absolute atomic E-state index is 0.0666. The summed E-state index contributed by atoms with van der Waals surface area (Å²) < 4.78 is 46.4. The molecule has 0 unspecified atom stereocenters. The Hall–Kier alpha value is -3.32. The molecule has 0 atom stereocenters. The van der Waals surface area contributed by atoms with E-state index in [-0.39, 0.29) is 22.7 Å². The molecule has 12 heteroatoms. The van der Waals surface area contributed by atoms with Gasteiger partial charge < -0.3 is 15.3 Å². The molecule has 1 saturated heterocycles. The van der Waals surface area contributed by atoms with Gasteiger partial charge in [0.1, 0.15) is 10.6 Å². The first kappa shape index (κ1) is 31.1. The maximum Gasteiger partial charge on any atom is 0.294 e. The van der Waals surface area contributed by atoms with Crippen molar-refractivity contribution in [2.45, 2.75) is 75.8 Å². The van der Waals surface area contributed by atoms with Crippen molar-refractivity contribution in [1.82, 2.24) is 9.78 Å². The summed E-state index contributed by atoms with van der Waals surface area (Å²) >= 11 is 1.46. The van der Waals surface area contributed by atoms with E-state index in [1.807, 2.05) is 24.8 Å². The number of carbonyl (C=O) groups excluding carboxylic acids is 1. The number of aromatic nitrogens is 2. The predicted molar refractivity (Wildman–Crippen MR) is 167 cm³/mol. The van der Waals surface area contributed by atoms with Gasteiger partial charge in [0.05, 0.1) is 33.3 Å². The lowest BCUT2D eigenvalue weighted by atomic mass is 9.96. The first-order valence-electron chi connectivity index (χ1n) is 14.6. The van der Waals surface area contributed by atoms with Crippen molar-refractivity contribution in [2.75, 3.05) is 23.3 Å². The van der Waals surface area contributed by atoms with Crippen LogP contribution in [0.1, 0.15) is 71.9 Å². The zero-order valence-electron chi connectivity index (χ0n) is 24.3. The highest BCUT2D eigenvalue weighted by molar-refractivity contribution is 7.85. The molecule has 1 aliphatic heterocycles. The molecule has 2 aromatic carbocycles. The summed E-state index contributed by atoms with van der Waals surface area (Å²) in [5, 5.41) is 18.3. The van der Waals surface area contributed by atoms with Crippen molar-refractivity contribution in [2.24, 2.45) is 0 Å². The number of nitrogens with one attached hydrogen (secondary N) is 1. The Bertz CT molecular complexity index is 1690. The molecule has 2 aliphatic rings. The van der Waals surface area contributed by atoms with Crippen LogP contribution in [-0.4, -0.2) is 53.0 Å². The number of aliphatic hydroxyl groups excluding tert-OH is 1. The molecule has 3 heterocycles. The summed E-state index contributed by atoms with van der Waals surface area (Å²) in [5.74, 6) is -0.589. The van der Waals surface area contributed by atoms with Crippen LogP contribution in [-0.2, 0) is 10.1 Å². The van der Waals surface area contributed by atoms with E-state index in [9.17, 15) is 22.7 Å². The number of amides is 1. The molecule has 6 rings (SSSR count). The van der Waals surface area contributed by atoms with Crippen LogP contribution in [0, 0.1) is 19.7 Å². The molecule has 1 amide bonds. The Morgan fingerprint density at radius 2 is 1.67 bits per heavy atom. The highest BCUT2D eigenvalue weighted by Crippen LogP contribution is 2.36. The summed E-state index contributed by atoms with van der Waals surface area (Å²) in [6.45, 7) is 5.09. The van der Waals surface area contributed by atoms with Crippen molar-refractivity contribution < 1.29 is 27.3 Å². The van der Waals surface area contributed by atoms with Gasteiger partial charge in [-0.15, -0.1) is 11.3 Å². The fraction of sp³-hybridized carbons (Fsp3) is 0.419. The second kappa shape index (κ2) is 13.1. The zero-order valence-corrected chi connectivity index (χ0v) is 25.9. The molecule has 1 saturated carbocycles. The molecular weight excluding hydrogens is 591 g/mol. The highest BCUT2D eigenvalue weighted by Gasteiger charge is 2.23. The third-order valence-corrected chi connectivity index (χ3v) is 10.0. The number of thiophene rings is 1. The van der Waals surface area contributed by atoms with Gasteiger partial charge in [-0.05, 0) is 75.9 Å². The standard InChI is InChI=1S/C24H29FN4O2S.C7H8O3S/c1-15-19-14-22(32-24(19)29(27-15)17-5-3-2-4-6-17)23(31)26-16-7-8-21(20(25)13-16)28-11-9-18(30)10-12-28;1-6-2-4-7(5-3-6)11(8,9)10/h7-8,13-14,17-18,30H,2-6,9-12H2,1H3,(H,26,31);2-5H,1H3,(H,8,9,10). The second-order valence-corrected chi connectivity index (χ2v) is 13.7. The number of fused-ring (bicyclic) bond motifs is 1. The number of aryl methyl sites for hydroxylation is 2. The van der Waals surface area contributed by atoms with Crippen molar-refractivity contribution in [1.29, 1.82) is 0 Å². The fourth-order valence-electron chi connectivity index (χ4n) is 5.61. The number of halogens is 1. The average Bonchev–Trinajstić information content (AvgIpc) is 3.55. The molecule has 2 fully saturated rings. The second-order valence-electron chi connectivity index (χ2n) is 11.3. The summed E-state index contributed by atoms with van der Waals surface area (Å²) in [7, 11) is -4.02. The van der Waals surface area contributed by atoms with Crippen molar-refractivity contribution in [3.8, 4) is 0 Å². The Morgan fingerprint density at radius 1 is 1.00 bits per heavy atom. The topological polar surface area (TPSA) is 125 Å². The first-order valence-corrected chi connectivity index (χ1v) is 16.8. The zero-order chi connectivity index (χ0) is 30.7. The monoisotopic (exact) mass is 628 g/mol. The molecule has 0 bridgehead atoms. The van der Waals surface area contributed by atoms with E-state index in [4.69, 9.17) is 9.65 Å². The van der Waals surface area contributed by atoms with Crippen molar-refractivity contribution in [3.63, 3.8) is 0 Å². The Kier molecular flexibility index (Phi) is 9.50. The lowest BCUT2D eigenvalue weighted by Gasteiger charge is -2.31. The maximum absolute atomic E-state index is 14.7. The van der Waals surface area contributed by atoms with Gasteiger partial charge in [0.15, 0.2) is 0 Å². The Morgan fingerprint density at radius 3 is 2.30 bits per heavy atom. The third kappa shape index (κ3) is 7.43. The van der Waals surface area contributed by atoms with Crippen LogP contribution in [0.4, 0.5) is 15.8 Å². The van der Waals surface area contributed by atoms with Crippen molar-refractivity contribution >= 4 is 49.0 Å². The molecular formula is C31H37FN4O5S2. The van der Waals surface area contributed by atoms with E-state index < -0.39 is 10.1 Å². The molecule has 0 spiro atoms. The molecule has 2 aromatic heterocycles. The quantitative estimate of drug-likeness (QED) is 0.215. The van der Waals surface area contributed by atoms with E-state index in [2.05, 4.69) is 10.00 Å². The number of aliphatic hydroxyl groups is 1. The van der Waals surface area contributed by atoms with Gasteiger partial charge in [-0.25, -0.2) is 4.39 Å². The van der Waals surface area contributed by atoms with Crippen LogP contribution in [0.3, 0.4) is 0 Å². The van der Waals surface area contributed by atoms with Gasteiger partial charge in [-0.3, -0.25) is 14.0 Å². The summed E-state index contributed by atoms with van der Waals surface area (Å²) in [5.41, 5.74) is 2.86. The number of hydrogen-bond acceptors (Lipinski definition) is 7. The third-order valence-electron chi connectivity index (χ3n) is 8.04. The van der Waals surface area contributed by atoms with E-state index in [0.29, 0.717) is 48.2 Å². The number of hydrogen-bond donors (Lipinski definition) is 3. The maximum atomic E-state index is 14.7. The molecule has 230 valence electrons. The number of benzene rings is 2. The van der Waals surface area contributed by atoms with Crippen LogP contribution >= 0.6 is 11.3 Å². The van der Waals surface area contributed by atoms with E-state index in [1.165, 1.54) is 48.8 Å². The number of rotatable bonds is 5. The molecule has 1 aliphatic carbocycles. The fourth-order valence-corrected chi connectivity index (χ4v) is 7.22. The first-order chi connectivity index (χ1) is 20.5. The lowest BCUT2D eigenvalue weighted by molar-refractivity contribution is 0.103. The van der Waals surface area contributed by atoms with Crippen LogP contribution in [0.5, 0.6) is 0 Å². The molecule has 43 heavy (non-hydrogen) atoms. The normalized spacial score (nSPS) is 16.6. The van der Waals surface area contributed by atoms with Crippen LogP contribution < -0.4 is 10.2 Å². The minimum atomic E-state index is -4.02. The lowest BCUT2D eigenvalue weighted by Crippen LogP contribution is -2.36. The summed E-state index contributed by atoms with van der Waals surface area (Å²) in [6, 6.07) is 13.1. The number of anilines is 2. The van der Waals surface area contributed by atoms with Gasteiger partial charge in [0, 0.05) is 24.2 Å². The Labute approximate surface area is 255 Å². The average molecular weight is 629 g/mol. The van der Waals surface area contributed by atoms with Crippen LogP contribution in [0.25, 0.3) is 10.2 Å². The predicted octanol–water partition coefficient (Wildman–Crippen LogP) is 6.51. The Balaban J connectivity index is 0.000000283. The summed E-state index contributed by atoms with van der Waals surface area (Å²) in [4.78, 5) is 16.5. The number of carbonyl (C=O) groups is 1. The van der Waals surface area contributed by atoms with E-state index >= 15 is 0 Å². The molecule has 9 nitrogen and oxygen atoms in total. The number of nitrogens with zero attached hydrogens (tertiary/aromatic N) is 3. The van der Waals surface area contributed by atoms with Gasteiger partial charge in [-0.1, -0.05) is 37.0 Å². The van der Waals surface area contributed by atoms with Gasteiger partial charge in [-0.2, -0.15) is 13.5 Å². The van der Waals surface area contributed by atoms with E-state index in [1.54, 1.807) is 24.3 Å². The minimum Gasteiger partial charge on any atom is -0.393 e. The van der Waals surface area contributed by atoms with Crippen LogP contribution in [0.15, 0.2) is 53.4 Å². The largest absolute Gasteiger partial charge is 0.393 e. The molecule has 4 aromatic rings. The van der Waals surface area contributed by atoms with Gasteiger partial charge >= 0.3 is 0 Å². The van der Waals surface area contributed by atoms with Crippen LogP contribution in [0.2, 0.25) is 0 Å². The summed E-state index contributed by atoms with van der Waals surface area (Å²) in [6.07, 6.45) is 6.99. The highest BCUT2D eigenvalue weighted by atomic mass is 32.2. The smallest absolute Gasteiger partial charge is 0.294 e. The SMILES string of the molecule is Cc1ccc(S(=O)(=O)O)cc1.Cc1nn(C2CCCCC2)c2sc(C(=O)Nc3ccc(N4CCC(O)CC4)c(F)c3)cc12. The van der Waals surface area contributed by atoms with Crippen molar-refractivity contribution in [3.05, 3.63) is 70.5 Å². The number of piperidine rings is 1. The molecule has 0 radical (unpaired) electrons. The molecule has 3 N–H and O–H groups in total. The van der Waals surface area contributed by atoms with Gasteiger partial charge in [0.2, 0.25) is 0 Å².